The van der Waals surface area contributed by atoms with Crippen molar-refractivity contribution in [3.63, 3.8) is 0 Å². The van der Waals surface area contributed by atoms with Gasteiger partial charge in [0.1, 0.15) is 5.65 Å². The number of fused-ring (bicyclic) bond motifs is 2. The number of carbonyl (C=O) groups excluding carboxylic acids is 1. The van der Waals surface area contributed by atoms with E-state index in [-0.39, 0.29) is 11.8 Å². The quantitative estimate of drug-likeness (QED) is 0.300. The fourth-order valence-electron chi connectivity index (χ4n) is 5.04. The van der Waals surface area contributed by atoms with Gasteiger partial charge in [0.2, 0.25) is 5.91 Å². The SMILES string of the molecule is CN1CCN(CC(=O)N(C)c2ccc(N=C(c3ccn4ccnc4c3)c3c(O)[nH]c4cc(Cl)ccc34)cc2)CC1. The molecule has 10 heteroatoms. The van der Waals surface area contributed by atoms with E-state index in [1.165, 1.54) is 0 Å². The number of carbonyl (C=O) groups is 1. The van der Waals surface area contributed by atoms with Gasteiger partial charge in [-0.15, -0.1) is 0 Å². The maximum Gasteiger partial charge on any atom is 0.240 e. The Labute approximate surface area is 236 Å². The van der Waals surface area contributed by atoms with E-state index in [0.717, 1.165) is 48.5 Å². The average Bonchev–Trinajstić information content (AvgIpc) is 3.55. The number of halogens is 1. The number of aromatic nitrogens is 3. The van der Waals surface area contributed by atoms with Crippen molar-refractivity contribution >= 4 is 51.1 Å². The first-order chi connectivity index (χ1) is 19.4. The number of nitrogens with one attached hydrogen (secondary N) is 1. The lowest BCUT2D eigenvalue weighted by molar-refractivity contribution is -0.119. The Morgan fingerprint density at radius 1 is 1.07 bits per heavy atom. The Hall–Kier alpha value is -4.18. The van der Waals surface area contributed by atoms with E-state index in [1.54, 1.807) is 30.3 Å². The minimum atomic E-state index is 0.00471. The second-order valence-electron chi connectivity index (χ2n) is 10.2. The molecular weight excluding hydrogens is 526 g/mol. The molecule has 2 N–H and O–H groups in total. The van der Waals surface area contributed by atoms with Crippen molar-refractivity contribution in [2.45, 2.75) is 0 Å². The number of benzene rings is 2. The van der Waals surface area contributed by atoms with Gasteiger partial charge in [0, 0.05) is 73.5 Å². The summed E-state index contributed by atoms with van der Waals surface area (Å²) in [5, 5.41) is 12.4. The molecule has 0 aliphatic carbocycles. The Morgan fingerprint density at radius 3 is 2.62 bits per heavy atom. The van der Waals surface area contributed by atoms with E-state index < -0.39 is 0 Å². The van der Waals surface area contributed by atoms with Crippen LogP contribution >= 0.6 is 11.6 Å². The smallest absolute Gasteiger partial charge is 0.240 e. The summed E-state index contributed by atoms with van der Waals surface area (Å²) in [5.41, 5.74) is 4.92. The van der Waals surface area contributed by atoms with Crippen LogP contribution in [0.3, 0.4) is 0 Å². The summed E-state index contributed by atoms with van der Waals surface area (Å²) >= 11 is 6.21. The topological polar surface area (TPSA) is 92.5 Å². The van der Waals surface area contributed by atoms with Crippen molar-refractivity contribution in [2.75, 3.05) is 51.7 Å². The first-order valence-electron chi connectivity index (χ1n) is 13.2. The Morgan fingerprint density at radius 2 is 1.85 bits per heavy atom. The van der Waals surface area contributed by atoms with Crippen LogP contribution in [-0.2, 0) is 4.79 Å². The molecule has 204 valence electrons. The van der Waals surface area contributed by atoms with E-state index in [4.69, 9.17) is 16.6 Å². The maximum atomic E-state index is 13.0. The number of likely N-dealkylation sites (N-methyl/N-ethyl adjacent to an activating group) is 2. The van der Waals surface area contributed by atoms with E-state index >= 15 is 0 Å². The van der Waals surface area contributed by atoms with Crippen molar-refractivity contribution < 1.29 is 9.90 Å². The normalized spacial score (nSPS) is 15.2. The van der Waals surface area contributed by atoms with Crippen LogP contribution in [0, 0.1) is 0 Å². The number of amides is 1. The lowest BCUT2D eigenvalue weighted by Crippen LogP contribution is -2.48. The average molecular weight is 556 g/mol. The molecule has 1 aliphatic rings. The van der Waals surface area contributed by atoms with Gasteiger partial charge < -0.3 is 24.3 Å². The molecule has 0 atom stereocenters. The van der Waals surface area contributed by atoms with E-state index in [0.29, 0.717) is 34.0 Å². The number of anilines is 1. The zero-order chi connectivity index (χ0) is 27.8. The molecule has 2 aromatic carbocycles. The molecule has 0 unspecified atom stereocenters. The third-order valence-electron chi connectivity index (χ3n) is 7.46. The number of H-pyrrole nitrogens is 1. The van der Waals surface area contributed by atoms with Gasteiger partial charge in [-0.1, -0.05) is 17.7 Å². The molecular formula is C30H30ClN7O2. The number of aromatic amines is 1. The standard InChI is InChI=1S/C30H30ClN7O2/c1-35-13-15-37(16-14-35)19-27(39)36(2)23-6-4-22(5-7-23)33-29(20-9-11-38-12-10-32-26(38)17-20)28-24-8-3-21(31)18-25(24)34-30(28)40/h3-12,17-18,34,40H,13-16,19H2,1-2H3. The number of hydrogen-bond donors (Lipinski definition) is 2. The van der Waals surface area contributed by atoms with Crippen molar-refractivity contribution in [1.29, 1.82) is 0 Å². The molecule has 40 heavy (non-hydrogen) atoms. The summed E-state index contributed by atoms with van der Waals surface area (Å²) in [6, 6.07) is 16.9. The van der Waals surface area contributed by atoms with Crippen LogP contribution < -0.4 is 4.90 Å². The molecule has 6 rings (SSSR count). The molecule has 1 saturated heterocycles. The van der Waals surface area contributed by atoms with Crippen LogP contribution in [0.1, 0.15) is 11.1 Å². The van der Waals surface area contributed by atoms with E-state index in [2.05, 4.69) is 26.8 Å². The molecule has 0 bridgehead atoms. The van der Waals surface area contributed by atoms with Crippen molar-refractivity contribution in [3.8, 4) is 5.88 Å². The molecule has 0 radical (unpaired) electrons. The summed E-state index contributed by atoms with van der Waals surface area (Å²) in [6.45, 7) is 4.12. The number of pyridine rings is 1. The number of nitrogens with zero attached hydrogens (tertiary/aromatic N) is 6. The summed E-state index contributed by atoms with van der Waals surface area (Å²) in [7, 11) is 3.91. The largest absolute Gasteiger partial charge is 0.494 e. The van der Waals surface area contributed by atoms with Gasteiger partial charge in [0.15, 0.2) is 5.88 Å². The van der Waals surface area contributed by atoms with Gasteiger partial charge in [0.25, 0.3) is 0 Å². The highest BCUT2D eigenvalue weighted by Crippen LogP contribution is 2.33. The van der Waals surface area contributed by atoms with Crippen LogP contribution in [0.25, 0.3) is 16.6 Å². The zero-order valence-electron chi connectivity index (χ0n) is 22.4. The molecule has 3 aromatic heterocycles. The fourth-order valence-corrected chi connectivity index (χ4v) is 5.22. The number of imidazole rings is 1. The predicted molar refractivity (Wildman–Crippen MR) is 159 cm³/mol. The van der Waals surface area contributed by atoms with Gasteiger partial charge >= 0.3 is 0 Å². The number of aromatic hydroxyl groups is 1. The molecule has 0 spiro atoms. The highest BCUT2D eigenvalue weighted by Gasteiger charge is 2.21. The Bertz CT molecular complexity index is 1720. The van der Waals surface area contributed by atoms with Gasteiger partial charge in [0.05, 0.1) is 29.0 Å². The minimum absolute atomic E-state index is 0.00471. The van der Waals surface area contributed by atoms with E-state index in [1.807, 2.05) is 59.3 Å². The second-order valence-corrected chi connectivity index (χ2v) is 10.6. The predicted octanol–water partition coefficient (Wildman–Crippen LogP) is 4.55. The van der Waals surface area contributed by atoms with Gasteiger partial charge in [-0.25, -0.2) is 9.98 Å². The van der Waals surface area contributed by atoms with Crippen LogP contribution in [-0.4, -0.2) is 87.7 Å². The molecule has 9 nitrogen and oxygen atoms in total. The minimum Gasteiger partial charge on any atom is -0.494 e. The third kappa shape index (κ3) is 5.19. The lowest BCUT2D eigenvalue weighted by atomic mass is 10.0. The summed E-state index contributed by atoms with van der Waals surface area (Å²) < 4.78 is 1.92. The Balaban J connectivity index is 1.33. The number of piperazine rings is 1. The van der Waals surface area contributed by atoms with Gasteiger partial charge in [-0.05, 0) is 55.6 Å². The summed E-state index contributed by atoms with van der Waals surface area (Å²) in [6.07, 6.45) is 5.53. The molecule has 4 heterocycles. The first-order valence-corrected chi connectivity index (χ1v) is 13.5. The first kappa shape index (κ1) is 26.1. The van der Waals surface area contributed by atoms with Crippen molar-refractivity contribution in [3.05, 3.63) is 89.3 Å². The summed E-state index contributed by atoms with van der Waals surface area (Å²) in [5.74, 6) is 0.0574. The second kappa shape index (κ2) is 10.8. The number of rotatable bonds is 6. The van der Waals surface area contributed by atoms with Crippen molar-refractivity contribution in [2.24, 2.45) is 4.99 Å². The number of hydrogen-bond acceptors (Lipinski definition) is 6. The molecule has 1 fully saturated rings. The molecule has 5 aromatic rings. The fraction of sp³-hybridized carbons (Fsp3) is 0.233. The lowest BCUT2D eigenvalue weighted by Gasteiger charge is -2.32. The van der Waals surface area contributed by atoms with Crippen LogP contribution in [0.2, 0.25) is 5.02 Å². The van der Waals surface area contributed by atoms with Crippen LogP contribution in [0.15, 0.2) is 78.2 Å². The Kier molecular flexibility index (Phi) is 7.02. The maximum absolute atomic E-state index is 13.0. The summed E-state index contributed by atoms with van der Waals surface area (Å²) in [4.78, 5) is 31.6. The highest BCUT2D eigenvalue weighted by atomic mass is 35.5. The van der Waals surface area contributed by atoms with Gasteiger partial charge in [-0.3, -0.25) is 9.69 Å². The van der Waals surface area contributed by atoms with Crippen molar-refractivity contribution in [1.82, 2.24) is 24.2 Å². The third-order valence-corrected chi connectivity index (χ3v) is 7.69. The van der Waals surface area contributed by atoms with Crippen LogP contribution in [0.4, 0.5) is 11.4 Å². The molecule has 1 aliphatic heterocycles. The van der Waals surface area contributed by atoms with Crippen LogP contribution in [0.5, 0.6) is 5.88 Å². The molecule has 0 saturated carbocycles. The highest BCUT2D eigenvalue weighted by molar-refractivity contribution is 6.31. The zero-order valence-corrected chi connectivity index (χ0v) is 23.1. The van der Waals surface area contributed by atoms with E-state index in [9.17, 15) is 9.90 Å². The monoisotopic (exact) mass is 555 g/mol. The molecule has 1 amide bonds. The number of aliphatic imine (C=N–C) groups is 1. The van der Waals surface area contributed by atoms with Gasteiger partial charge in [-0.2, -0.15) is 0 Å².